The smallest absolute Gasteiger partial charge is 0.259 e. The van der Waals surface area contributed by atoms with E-state index < -0.39 is 0 Å². The highest BCUT2D eigenvalue weighted by Gasteiger charge is 2.35. The number of amides is 2. The molecular formula is C78H100ClN5O3. The van der Waals surface area contributed by atoms with Gasteiger partial charge in [-0.2, -0.15) is 0 Å². The van der Waals surface area contributed by atoms with E-state index in [2.05, 4.69) is 232 Å². The molecule has 6 aromatic carbocycles. The van der Waals surface area contributed by atoms with Crippen molar-refractivity contribution in [1.29, 1.82) is 0 Å². The van der Waals surface area contributed by atoms with Gasteiger partial charge in [0.05, 0.1) is 23.5 Å². The molecule has 2 amide bonds. The average molecular weight is 1190 g/mol. The number of halogens is 1. The molecule has 0 fully saturated rings. The monoisotopic (exact) mass is 1190 g/mol. The molecule has 5 heterocycles. The summed E-state index contributed by atoms with van der Waals surface area (Å²) in [4.78, 5) is 45.3. The van der Waals surface area contributed by atoms with Crippen LogP contribution in [0.25, 0.3) is 22.6 Å². The van der Waals surface area contributed by atoms with Crippen LogP contribution < -0.4 is 19.6 Å². The normalized spacial score (nSPS) is 14.7. The van der Waals surface area contributed by atoms with Gasteiger partial charge in [-0.15, -0.1) is 0 Å². The summed E-state index contributed by atoms with van der Waals surface area (Å²) in [5.41, 5.74) is 19.4. The van der Waals surface area contributed by atoms with Crippen molar-refractivity contribution in [2.75, 3.05) is 26.1 Å². The first-order valence-electron chi connectivity index (χ1n) is 32.1. The number of nitrogens with zero attached hydrogens (tertiary/aromatic N) is 5. The third-order valence-electron chi connectivity index (χ3n) is 17.1. The van der Waals surface area contributed by atoms with Gasteiger partial charge < -0.3 is 24.2 Å². The van der Waals surface area contributed by atoms with Crippen molar-refractivity contribution in [2.24, 2.45) is 0 Å². The summed E-state index contributed by atoms with van der Waals surface area (Å²) < 4.78 is 2.32. The minimum Gasteiger partial charge on any atom is -0.369 e. The van der Waals surface area contributed by atoms with Crippen molar-refractivity contribution in [3.63, 3.8) is 0 Å². The van der Waals surface area contributed by atoms with Gasteiger partial charge in [0.2, 0.25) is 11.7 Å². The zero-order chi connectivity index (χ0) is 64.0. The molecule has 0 aliphatic carbocycles. The number of benzene rings is 6. The molecule has 7 aromatic rings. The lowest BCUT2D eigenvalue weighted by atomic mass is 9.97. The number of carbonyl (C=O) groups is 3. The number of rotatable bonds is 11. The lowest BCUT2D eigenvalue weighted by Crippen LogP contribution is -2.33. The Kier molecular flexibility index (Phi) is 22.3. The summed E-state index contributed by atoms with van der Waals surface area (Å²) >= 11 is 5.96. The second-order valence-corrected chi connectivity index (χ2v) is 27.4. The molecule has 11 rings (SSSR count). The van der Waals surface area contributed by atoms with Gasteiger partial charge in [-0.05, 0) is 228 Å². The summed E-state index contributed by atoms with van der Waals surface area (Å²) in [6, 6.07) is 44.2. The van der Waals surface area contributed by atoms with E-state index >= 15 is 0 Å². The highest BCUT2D eigenvalue weighted by atomic mass is 35.5. The highest BCUT2D eigenvalue weighted by molar-refractivity contribution is 6.36. The van der Waals surface area contributed by atoms with E-state index in [1.807, 2.05) is 71.0 Å². The van der Waals surface area contributed by atoms with Crippen LogP contribution in [0.3, 0.4) is 0 Å². The third-order valence-corrected chi connectivity index (χ3v) is 17.3. The number of hydrogen-bond acceptors (Lipinski definition) is 5. The van der Waals surface area contributed by atoms with Crippen LogP contribution in [0.1, 0.15) is 235 Å². The van der Waals surface area contributed by atoms with E-state index in [1.165, 1.54) is 68.5 Å². The Morgan fingerprint density at radius 1 is 0.448 bits per heavy atom. The summed E-state index contributed by atoms with van der Waals surface area (Å²) in [7, 11) is 0. The second-order valence-electron chi connectivity index (χ2n) is 26.9. The summed E-state index contributed by atoms with van der Waals surface area (Å²) in [5, 5.41) is 2.05. The van der Waals surface area contributed by atoms with Crippen molar-refractivity contribution in [3.05, 3.63) is 200 Å². The summed E-state index contributed by atoms with van der Waals surface area (Å²) in [5.74, 6) is 3.00. The van der Waals surface area contributed by atoms with Crippen LogP contribution in [0.4, 0.5) is 22.7 Å². The molecule has 0 bridgehead atoms. The van der Waals surface area contributed by atoms with Crippen LogP contribution in [-0.4, -0.2) is 52.9 Å². The van der Waals surface area contributed by atoms with Crippen molar-refractivity contribution < 1.29 is 14.4 Å². The molecule has 0 spiro atoms. The molecule has 0 N–H and O–H groups in total. The van der Waals surface area contributed by atoms with Crippen molar-refractivity contribution >= 4 is 74.5 Å². The molecule has 4 aliphatic rings. The van der Waals surface area contributed by atoms with Gasteiger partial charge in [0.25, 0.3) is 5.91 Å². The van der Waals surface area contributed by atoms with Gasteiger partial charge in [-0.1, -0.05) is 142 Å². The Hall–Kier alpha value is -7.16. The number of ketones is 1. The predicted octanol–water partition coefficient (Wildman–Crippen LogP) is 20.5. The maximum absolute atomic E-state index is 13.0. The minimum atomic E-state index is 0.0656. The van der Waals surface area contributed by atoms with E-state index in [4.69, 9.17) is 11.6 Å². The number of Topliss-reactive ketones (excluding diaryl/α,β-unsaturated/α-hetero) is 1. The number of hydrogen-bond donors (Lipinski definition) is 0. The van der Waals surface area contributed by atoms with E-state index in [0.717, 1.165) is 39.3 Å². The molecule has 8 nitrogen and oxygen atoms in total. The largest absolute Gasteiger partial charge is 0.369 e. The Labute approximate surface area is 528 Å². The SMILES string of the molecule is C=C1C(=O)c2cc(C(C)C)ccc2N1C(C)C.CC(C)c1ccc2c(c1)/C(=C/c1ccc(Cl)cc1)C(=O)N2C(C)C.CC(C)c1ccc2c(c1)CC(=O)N2C(C)C.CC(C)c1ccc2c(c1)CCN2C(C)C.CC(C)c1ccc2c(ccn2C(C)C)c1. The van der Waals surface area contributed by atoms with E-state index in [-0.39, 0.29) is 35.7 Å². The van der Waals surface area contributed by atoms with Crippen molar-refractivity contribution in [2.45, 2.75) is 211 Å². The fraction of sp³-hybridized carbons (Fsp3) is 0.423. The van der Waals surface area contributed by atoms with Gasteiger partial charge in [0.15, 0.2) is 0 Å². The van der Waals surface area contributed by atoms with Crippen molar-refractivity contribution in [3.8, 4) is 0 Å². The first kappa shape index (κ1) is 67.3. The first-order valence-corrected chi connectivity index (χ1v) is 32.4. The topological polar surface area (TPSA) is 69.1 Å². The Morgan fingerprint density at radius 3 is 1.41 bits per heavy atom. The average Bonchev–Trinajstić information content (AvgIpc) is 1.83. The Balaban J connectivity index is 0.000000157. The number of carbonyl (C=O) groups excluding carboxylic acids is 3. The standard InChI is InChI=1S/C21H22ClNO.C15H19NO.C14H19NO.C14H21N.C14H19N/c1-13(2)16-7-10-20-18(12-16)19(21(24)23(20)14(3)4)11-15-5-8-17(22)9-6-15;1-9(2)12-6-7-14-13(8-12)15(17)11(5)16(14)10(3)4;1-9(2)11-5-6-13-12(7-11)8-14(16)15(13)10(3)4;2*1-10(2)12-5-6-14-13(9-12)7-8-15(14)11(3)4/h5-14H,1-4H3;6-10H,5H2,1-4H3;5-7,9-10H,8H2,1-4H3;5-6,9-11H,7-8H2,1-4H3;5-11H,1-4H3/b19-11-;;;;. The molecule has 9 heteroatoms. The quantitative estimate of drug-likeness (QED) is 0.121. The van der Waals surface area contributed by atoms with Crippen LogP contribution in [0.2, 0.25) is 5.02 Å². The maximum atomic E-state index is 13.0. The van der Waals surface area contributed by atoms with Gasteiger partial charge in [0.1, 0.15) is 0 Å². The molecule has 87 heavy (non-hydrogen) atoms. The first-order chi connectivity index (χ1) is 41.0. The van der Waals surface area contributed by atoms with E-state index in [1.54, 1.807) is 0 Å². The van der Waals surface area contributed by atoms with Crippen LogP contribution >= 0.6 is 11.6 Å². The number of anilines is 4. The van der Waals surface area contributed by atoms with E-state index in [9.17, 15) is 14.4 Å². The Morgan fingerprint density at radius 2 is 0.908 bits per heavy atom. The molecule has 0 radical (unpaired) electrons. The summed E-state index contributed by atoms with van der Waals surface area (Å²) in [6.45, 7) is 48.4. The molecule has 4 aliphatic heterocycles. The lowest BCUT2D eigenvalue weighted by molar-refractivity contribution is -0.117. The zero-order valence-electron chi connectivity index (χ0n) is 56.1. The third kappa shape index (κ3) is 15.4. The van der Waals surface area contributed by atoms with Crippen LogP contribution in [0.5, 0.6) is 0 Å². The van der Waals surface area contributed by atoms with Gasteiger partial charge >= 0.3 is 0 Å². The van der Waals surface area contributed by atoms with Gasteiger partial charge in [-0.25, -0.2) is 0 Å². The lowest BCUT2D eigenvalue weighted by Gasteiger charge is -2.24. The fourth-order valence-electron chi connectivity index (χ4n) is 12.0. The molecule has 0 saturated carbocycles. The Bertz CT molecular complexity index is 3610. The predicted molar refractivity (Wildman–Crippen MR) is 374 cm³/mol. The second kappa shape index (κ2) is 28.8. The molecule has 0 atom stereocenters. The zero-order valence-corrected chi connectivity index (χ0v) is 56.9. The molecule has 0 unspecified atom stereocenters. The van der Waals surface area contributed by atoms with Gasteiger partial charge in [-0.3, -0.25) is 14.4 Å². The minimum absolute atomic E-state index is 0.0656. The summed E-state index contributed by atoms with van der Waals surface area (Å²) in [6.07, 6.45) is 5.92. The fourth-order valence-corrected chi connectivity index (χ4v) is 12.1. The molecule has 1 aromatic heterocycles. The molecule has 0 saturated heterocycles. The number of fused-ring (bicyclic) bond motifs is 5. The van der Waals surface area contributed by atoms with E-state index in [0.29, 0.717) is 58.8 Å². The van der Waals surface area contributed by atoms with Crippen LogP contribution in [0, 0.1) is 0 Å². The highest BCUT2D eigenvalue weighted by Crippen LogP contribution is 2.42. The maximum Gasteiger partial charge on any atom is 0.259 e. The molecular weight excluding hydrogens is 1090 g/mol. The van der Waals surface area contributed by atoms with Gasteiger partial charge in [0, 0.05) is 81.6 Å². The van der Waals surface area contributed by atoms with Crippen molar-refractivity contribution in [1.82, 2.24) is 4.57 Å². The molecule has 462 valence electrons. The van der Waals surface area contributed by atoms with Crippen LogP contribution in [0.15, 0.2) is 140 Å². The number of allylic oxidation sites excluding steroid dienone is 1. The van der Waals surface area contributed by atoms with Crippen LogP contribution in [-0.2, 0) is 22.4 Å². The number of aromatic nitrogens is 1.